The summed E-state index contributed by atoms with van der Waals surface area (Å²) in [4.78, 5) is 17.0. The van der Waals surface area contributed by atoms with Crippen molar-refractivity contribution < 1.29 is 18.7 Å². The van der Waals surface area contributed by atoms with Crippen molar-refractivity contribution in [2.45, 2.75) is 0 Å². The van der Waals surface area contributed by atoms with Crippen molar-refractivity contribution in [1.82, 2.24) is 10.3 Å². The minimum atomic E-state index is -0.339. The second-order valence-corrected chi connectivity index (χ2v) is 6.95. The summed E-state index contributed by atoms with van der Waals surface area (Å²) in [6.45, 7) is 0. The van der Waals surface area contributed by atoms with E-state index >= 15 is 0 Å². The van der Waals surface area contributed by atoms with Gasteiger partial charge in [-0.3, -0.25) is 10.1 Å². The molecule has 8 heteroatoms. The molecule has 1 aromatic heterocycles. The molecule has 0 aliphatic rings. The van der Waals surface area contributed by atoms with Crippen LogP contribution in [0.25, 0.3) is 22.6 Å². The van der Waals surface area contributed by atoms with Gasteiger partial charge < -0.3 is 19.2 Å². The number of anilines is 1. The molecule has 4 aromatic rings. The lowest BCUT2D eigenvalue weighted by Gasteiger charge is -2.13. The van der Waals surface area contributed by atoms with E-state index in [4.69, 9.17) is 26.1 Å². The highest BCUT2D eigenvalue weighted by molar-refractivity contribution is 7.80. The Labute approximate surface area is 184 Å². The van der Waals surface area contributed by atoms with Crippen LogP contribution in [-0.4, -0.2) is 30.2 Å². The van der Waals surface area contributed by atoms with Gasteiger partial charge in [-0.15, -0.1) is 0 Å². The van der Waals surface area contributed by atoms with Crippen LogP contribution in [-0.2, 0) is 0 Å². The number of nitrogens with one attached hydrogen (secondary N) is 2. The van der Waals surface area contributed by atoms with Crippen LogP contribution in [0.15, 0.2) is 71.1 Å². The van der Waals surface area contributed by atoms with Gasteiger partial charge in [-0.05, 0) is 66.8 Å². The van der Waals surface area contributed by atoms with Gasteiger partial charge in [0.25, 0.3) is 5.91 Å². The molecule has 0 bridgehead atoms. The molecule has 2 N–H and O–H groups in total. The molecule has 0 aliphatic heterocycles. The molecule has 1 amide bonds. The van der Waals surface area contributed by atoms with Gasteiger partial charge in [-0.25, -0.2) is 4.98 Å². The lowest BCUT2D eigenvalue weighted by atomic mass is 10.2. The van der Waals surface area contributed by atoms with E-state index in [1.807, 2.05) is 30.3 Å². The van der Waals surface area contributed by atoms with Gasteiger partial charge in [0.2, 0.25) is 5.89 Å². The zero-order chi connectivity index (χ0) is 21.8. The van der Waals surface area contributed by atoms with E-state index < -0.39 is 0 Å². The fourth-order valence-electron chi connectivity index (χ4n) is 3.01. The maximum atomic E-state index is 12.5. The fraction of sp³-hybridized carbons (Fsp3) is 0.0870. The number of aromatic nitrogens is 1. The molecule has 156 valence electrons. The van der Waals surface area contributed by atoms with Crippen LogP contribution < -0.4 is 20.1 Å². The first-order valence-corrected chi connectivity index (χ1v) is 9.78. The monoisotopic (exact) mass is 433 g/mol. The average molecular weight is 433 g/mol. The van der Waals surface area contributed by atoms with Gasteiger partial charge >= 0.3 is 0 Å². The zero-order valence-electron chi connectivity index (χ0n) is 16.8. The number of amides is 1. The van der Waals surface area contributed by atoms with Crippen LogP contribution in [0.4, 0.5) is 5.69 Å². The molecule has 0 unspecified atom stereocenters. The third-order valence-corrected chi connectivity index (χ3v) is 4.77. The third-order valence-electron chi connectivity index (χ3n) is 4.57. The topological polar surface area (TPSA) is 85.6 Å². The summed E-state index contributed by atoms with van der Waals surface area (Å²) in [5, 5.41) is 5.80. The Morgan fingerprint density at radius 1 is 1.00 bits per heavy atom. The van der Waals surface area contributed by atoms with Gasteiger partial charge in [0.1, 0.15) is 17.0 Å². The summed E-state index contributed by atoms with van der Waals surface area (Å²) < 4.78 is 16.4. The van der Waals surface area contributed by atoms with Crippen LogP contribution in [0, 0.1) is 0 Å². The number of thiocarbonyl (C=S) groups is 1. The predicted octanol–water partition coefficient (Wildman–Crippen LogP) is 4.64. The maximum Gasteiger partial charge on any atom is 0.257 e. The van der Waals surface area contributed by atoms with Crippen molar-refractivity contribution >= 4 is 40.0 Å². The summed E-state index contributed by atoms with van der Waals surface area (Å²) in [6, 6.07) is 19.7. The highest BCUT2D eigenvalue weighted by Crippen LogP contribution is 2.31. The Morgan fingerprint density at radius 2 is 1.77 bits per heavy atom. The molecule has 0 saturated carbocycles. The third kappa shape index (κ3) is 4.49. The number of hydrogen-bond acceptors (Lipinski definition) is 6. The van der Waals surface area contributed by atoms with Crippen molar-refractivity contribution in [3.05, 3.63) is 72.3 Å². The number of nitrogens with zero attached hydrogens (tertiary/aromatic N) is 1. The zero-order valence-corrected chi connectivity index (χ0v) is 17.7. The number of methoxy groups -OCH3 is 2. The van der Waals surface area contributed by atoms with Gasteiger partial charge in [-0.1, -0.05) is 12.1 Å². The summed E-state index contributed by atoms with van der Waals surface area (Å²) in [7, 11) is 3.12. The van der Waals surface area contributed by atoms with Gasteiger partial charge in [0.15, 0.2) is 10.7 Å². The Bertz CT molecular complexity index is 1220. The van der Waals surface area contributed by atoms with E-state index in [1.54, 1.807) is 50.6 Å². The standard InChI is InChI=1S/C23H19N3O4S/c1-28-16-10-7-14(8-11-16)21(27)26-23(31)25-18-13-15(9-12-19(18)29-2)22-24-17-5-3-4-6-20(17)30-22/h3-13H,1-2H3,(H2,25,26,27,31). The SMILES string of the molecule is COc1ccc(C(=O)NC(=S)Nc2cc(-c3nc4ccccc4o3)ccc2OC)cc1. The second-order valence-electron chi connectivity index (χ2n) is 6.54. The molecule has 0 aliphatic carbocycles. The van der Waals surface area contributed by atoms with Gasteiger partial charge in [0.05, 0.1) is 19.9 Å². The molecule has 0 spiro atoms. The summed E-state index contributed by atoms with van der Waals surface area (Å²) >= 11 is 5.32. The summed E-state index contributed by atoms with van der Waals surface area (Å²) in [6.07, 6.45) is 0. The molecule has 7 nitrogen and oxygen atoms in total. The molecule has 4 rings (SSSR count). The van der Waals surface area contributed by atoms with Crippen LogP contribution in [0.5, 0.6) is 11.5 Å². The molecule has 0 fully saturated rings. The van der Waals surface area contributed by atoms with Crippen molar-refractivity contribution in [1.29, 1.82) is 0 Å². The van der Waals surface area contributed by atoms with Gasteiger partial charge in [-0.2, -0.15) is 0 Å². The highest BCUT2D eigenvalue weighted by atomic mass is 32.1. The Hall–Kier alpha value is -3.91. The number of rotatable bonds is 5. The van der Waals surface area contributed by atoms with Crippen molar-refractivity contribution in [3.63, 3.8) is 0 Å². The van der Waals surface area contributed by atoms with Crippen molar-refractivity contribution in [2.75, 3.05) is 19.5 Å². The number of benzene rings is 3. The van der Waals surface area contributed by atoms with E-state index in [2.05, 4.69) is 15.6 Å². The van der Waals surface area contributed by atoms with E-state index in [0.29, 0.717) is 34.2 Å². The smallest absolute Gasteiger partial charge is 0.257 e. The Morgan fingerprint density at radius 3 is 2.48 bits per heavy atom. The van der Waals surface area contributed by atoms with Crippen LogP contribution >= 0.6 is 12.2 Å². The quantitative estimate of drug-likeness (QED) is 0.444. The first kappa shape index (κ1) is 20.4. The predicted molar refractivity (Wildman–Crippen MR) is 123 cm³/mol. The molecule has 1 heterocycles. The molecule has 0 saturated heterocycles. The summed E-state index contributed by atoms with van der Waals surface area (Å²) in [5.74, 6) is 1.35. The minimum absolute atomic E-state index is 0.133. The molecule has 31 heavy (non-hydrogen) atoms. The number of carbonyl (C=O) groups is 1. The average Bonchev–Trinajstić information content (AvgIpc) is 3.23. The van der Waals surface area contributed by atoms with Gasteiger partial charge in [0, 0.05) is 11.1 Å². The van der Waals surface area contributed by atoms with E-state index in [0.717, 1.165) is 11.1 Å². The molecular formula is C23H19N3O4S. The first-order chi connectivity index (χ1) is 15.1. The molecule has 0 radical (unpaired) electrons. The largest absolute Gasteiger partial charge is 0.497 e. The number of hydrogen-bond donors (Lipinski definition) is 2. The summed E-state index contributed by atoms with van der Waals surface area (Å²) in [5.41, 5.74) is 3.23. The molecular weight excluding hydrogens is 414 g/mol. The van der Waals surface area contributed by atoms with Crippen molar-refractivity contribution in [2.24, 2.45) is 0 Å². The molecule has 0 atom stereocenters. The molecule has 3 aromatic carbocycles. The minimum Gasteiger partial charge on any atom is -0.497 e. The van der Waals surface area contributed by atoms with E-state index in [1.165, 1.54) is 0 Å². The fourth-order valence-corrected chi connectivity index (χ4v) is 3.21. The maximum absolute atomic E-state index is 12.5. The van der Waals surface area contributed by atoms with Crippen molar-refractivity contribution in [3.8, 4) is 23.0 Å². The number of ether oxygens (including phenoxy) is 2. The normalized spacial score (nSPS) is 10.5. The number of fused-ring (bicyclic) bond motifs is 1. The van der Waals surface area contributed by atoms with E-state index in [-0.39, 0.29) is 11.0 Å². The second kappa shape index (κ2) is 8.85. The van der Waals surface area contributed by atoms with Crippen LogP contribution in [0.1, 0.15) is 10.4 Å². The lowest BCUT2D eigenvalue weighted by Crippen LogP contribution is -2.34. The van der Waals surface area contributed by atoms with Crippen LogP contribution in [0.2, 0.25) is 0 Å². The lowest BCUT2D eigenvalue weighted by molar-refractivity contribution is 0.0977. The number of oxazole rings is 1. The Balaban J connectivity index is 1.53. The van der Waals surface area contributed by atoms with Crippen LogP contribution in [0.3, 0.4) is 0 Å². The number of carbonyl (C=O) groups excluding carboxylic acids is 1. The Kier molecular flexibility index (Phi) is 5.81. The number of para-hydroxylation sites is 2. The first-order valence-electron chi connectivity index (χ1n) is 9.38. The van der Waals surface area contributed by atoms with E-state index in [9.17, 15) is 4.79 Å². The highest BCUT2D eigenvalue weighted by Gasteiger charge is 2.14.